The maximum atomic E-state index is 11.6. The molecule has 2 atom stereocenters. The number of nitrogens with one attached hydrogen (secondary N) is 1. The normalized spacial score (nSPS) is 49.4. The lowest BCUT2D eigenvalue weighted by molar-refractivity contribution is -0.150. The van der Waals surface area contributed by atoms with E-state index in [1.165, 1.54) is 6.42 Å². The van der Waals surface area contributed by atoms with Gasteiger partial charge in [-0.25, -0.2) is 0 Å². The molecule has 3 heteroatoms. The van der Waals surface area contributed by atoms with Crippen LogP contribution in [-0.2, 0) is 4.79 Å². The van der Waals surface area contributed by atoms with E-state index in [2.05, 4.69) is 5.32 Å². The lowest BCUT2D eigenvalue weighted by Gasteiger charge is -2.60. The summed E-state index contributed by atoms with van der Waals surface area (Å²) in [5.41, 5.74) is -0.531. The Morgan fingerprint density at radius 2 is 1.94 bits per heavy atom. The number of hydrogen-bond donors (Lipinski definition) is 2. The summed E-state index contributed by atoms with van der Waals surface area (Å²) in [6, 6.07) is 0. The number of aliphatic hydroxyl groups is 1. The Labute approximate surface area is 96.6 Å². The molecule has 4 bridgehead atoms. The summed E-state index contributed by atoms with van der Waals surface area (Å²) in [4.78, 5) is 11.6. The van der Waals surface area contributed by atoms with Gasteiger partial charge in [0.15, 0.2) is 0 Å². The van der Waals surface area contributed by atoms with Crippen molar-refractivity contribution in [3.8, 4) is 0 Å². The Kier molecular flexibility index (Phi) is 2.13. The predicted octanol–water partition coefficient (Wildman–Crippen LogP) is 1.60. The van der Waals surface area contributed by atoms with Gasteiger partial charge in [0.2, 0.25) is 5.91 Å². The van der Waals surface area contributed by atoms with Crippen molar-refractivity contribution >= 4 is 5.91 Å². The maximum Gasteiger partial charge on any atom is 0.220 e. The molecule has 1 amide bonds. The summed E-state index contributed by atoms with van der Waals surface area (Å²) in [6.07, 6.45) is 6.73. The molecule has 90 valence electrons. The zero-order valence-corrected chi connectivity index (χ0v) is 9.96. The second kappa shape index (κ2) is 3.22. The molecule has 3 nitrogen and oxygen atoms in total. The number of carbonyl (C=O) groups excluding carboxylic acids is 1. The van der Waals surface area contributed by atoms with E-state index in [1.807, 2.05) is 6.92 Å². The van der Waals surface area contributed by atoms with Crippen LogP contribution >= 0.6 is 0 Å². The molecule has 0 radical (unpaired) electrons. The monoisotopic (exact) mass is 223 g/mol. The Morgan fingerprint density at radius 1 is 1.31 bits per heavy atom. The van der Waals surface area contributed by atoms with Gasteiger partial charge in [0, 0.05) is 12.0 Å². The highest BCUT2D eigenvalue weighted by molar-refractivity contribution is 5.76. The minimum atomic E-state index is -0.467. The molecule has 2 N–H and O–H groups in total. The highest BCUT2D eigenvalue weighted by Gasteiger charge is 2.57. The molecule has 4 saturated carbocycles. The minimum absolute atomic E-state index is 0.0636. The van der Waals surface area contributed by atoms with Crippen molar-refractivity contribution in [1.29, 1.82) is 0 Å². The summed E-state index contributed by atoms with van der Waals surface area (Å²) in [6.45, 7) is 1.89. The van der Waals surface area contributed by atoms with Crippen molar-refractivity contribution < 1.29 is 9.90 Å². The molecule has 0 aromatic heterocycles. The minimum Gasteiger partial charge on any atom is -0.390 e. The van der Waals surface area contributed by atoms with Gasteiger partial charge in [-0.15, -0.1) is 0 Å². The molecule has 0 heterocycles. The summed E-state index contributed by atoms with van der Waals surface area (Å²) in [5.74, 6) is 1.43. The third-order valence-electron chi connectivity index (χ3n) is 4.76. The first kappa shape index (κ1) is 10.6. The molecular formula is C13H21NO2. The summed E-state index contributed by atoms with van der Waals surface area (Å²) in [5, 5.41) is 13.7. The van der Waals surface area contributed by atoms with Crippen molar-refractivity contribution in [1.82, 2.24) is 5.32 Å². The number of amides is 1. The van der Waals surface area contributed by atoms with Crippen molar-refractivity contribution in [3.05, 3.63) is 0 Å². The van der Waals surface area contributed by atoms with E-state index >= 15 is 0 Å². The first-order valence-corrected chi connectivity index (χ1v) is 6.56. The number of carbonyl (C=O) groups is 1. The average Bonchev–Trinajstić information content (AvgIpc) is 2.12. The Hall–Kier alpha value is -0.570. The van der Waals surface area contributed by atoms with Crippen molar-refractivity contribution in [3.63, 3.8) is 0 Å². The molecule has 4 fully saturated rings. The van der Waals surface area contributed by atoms with Crippen LogP contribution in [0.5, 0.6) is 0 Å². The van der Waals surface area contributed by atoms with Crippen LogP contribution in [0.4, 0.5) is 0 Å². The molecule has 0 aromatic carbocycles. The Morgan fingerprint density at radius 3 is 2.44 bits per heavy atom. The first-order chi connectivity index (χ1) is 7.53. The fourth-order valence-electron chi connectivity index (χ4n) is 4.74. The molecular weight excluding hydrogens is 202 g/mol. The van der Waals surface area contributed by atoms with Gasteiger partial charge >= 0.3 is 0 Å². The van der Waals surface area contributed by atoms with E-state index in [4.69, 9.17) is 0 Å². The van der Waals surface area contributed by atoms with Crippen LogP contribution in [0.25, 0.3) is 0 Å². The number of hydrogen-bond acceptors (Lipinski definition) is 2. The largest absolute Gasteiger partial charge is 0.390 e. The zero-order chi connectivity index (χ0) is 11.4. The van der Waals surface area contributed by atoms with Crippen LogP contribution in [0.1, 0.15) is 51.9 Å². The second-order valence-corrected chi connectivity index (χ2v) is 6.37. The second-order valence-electron chi connectivity index (χ2n) is 6.37. The van der Waals surface area contributed by atoms with E-state index in [1.54, 1.807) is 0 Å². The molecule has 2 unspecified atom stereocenters. The maximum absolute atomic E-state index is 11.6. The van der Waals surface area contributed by atoms with Crippen LogP contribution in [0, 0.1) is 11.8 Å². The molecule has 4 rings (SSSR count). The first-order valence-electron chi connectivity index (χ1n) is 6.56. The summed E-state index contributed by atoms with van der Waals surface area (Å²) >= 11 is 0. The molecule has 4 aliphatic rings. The van der Waals surface area contributed by atoms with Crippen LogP contribution in [0.2, 0.25) is 0 Å². The molecule has 0 aliphatic heterocycles. The highest BCUT2D eigenvalue weighted by Crippen LogP contribution is 2.57. The fraction of sp³-hybridized carbons (Fsp3) is 0.923. The van der Waals surface area contributed by atoms with Gasteiger partial charge in [0.1, 0.15) is 0 Å². The summed E-state index contributed by atoms with van der Waals surface area (Å²) in [7, 11) is 0. The van der Waals surface area contributed by atoms with Gasteiger partial charge < -0.3 is 10.4 Å². The average molecular weight is 223 g/mol. The fourth-order valence-corrected chi connectivity index (χ4v) is 4.74. The Bertz CT molecular complexity index is 312. The predicted molar refractivity (Wildman–Crippen MR) is 60.8 cm³/mol. The van der Waals surface area contributed by atoms with Crippen LogP contribution in [0.15, 0.2) is 0 Å². The lowest BCUT2D eigenvalue weighted by atomic mass is 9.51. The molecule has 16 heavy (non-hydrogen) atoms. The molecule has 0 spiro atoms. The van der Waals surface area contributed by atoms with Crippen molar-refractivity contribution in [2.75, 3.05) is 0 Å². The van der Waals surface area contributed by atoms with Gasteiger partial charge in [-0.3, -0.25) is 4.79 Å². The van der Waals surface area contributed by atoms with E-state index in [0.717, 1.165) is 32.1 Å². The summed E-state index contributed by atoms with van der Waals surface area (Å²) < 4.78 is 0. The molecule has 0 aromatic rings. The SMILES string of the molecule is CCC(=O)NC12CC3CC(CC(O)(C3)C1)C2. The van der Waals surface area contributed by atoms with E-state index in [0.29, 0.717) is 18.3 Å². The molecule has 0 saturated heterocycles. The molecule has 4 aliphatic carbocycles. The number of rotatable bonds is 2. The van der Waals surface area contributed by atoms with Crippen LogP contribution in [0.3, 0.4) is 0 Å². The van der Waals surface area contributed by atoms with Crippen molar-refractivity contribution in [2.45, 2.75) is 63.0 Å². The zero-order valence-electron chi connectivity index (χ0n) is 9.96. The van der Waals surface area contributed by atoms with Gasteiger partial charge in [0.05, 0.1) is 5.60 Å². The highest BCUT2D eigenvalue weighted by atomic mass is 16.3. The van der Waals surface area contributed by atoms with Gasteiger partial charge in [0.25, 0.3) is 0 Å². The van der Waals surface area contributed by atoms with Gasteiger partial charge in [-0.1, -0.05) is 6.92 Å². The quantitative estimate of drug-likeness (QED) is 0.747. The van der Waals surface area contributed by atoms with Gasteiger partial charge in [-0.05, 0) is 50.4 Å². The Balaban J connectivity index is 1.83. The van der Waals surface area contributed by atoms with E-state index in [9.17, 15) is 9.90 Å². The van der Waals surface area contributed by atoms with E-state index < -0.39 is 5.60 Å². The van der Waals surface area contributed by atoms with E-state index in [-0.39, 0.29) is 11.4 Å². The van der Waals surface area contributed by atoms with Crippen LogP contribution < -0.4 is 5.32 Å². The topological polar surface area (TPSA) is 49.3 Å². The lowest BCUT2D eigenvalue weighted by Crippen LogP contribution is -2.65. The van der Waals surface area contributed by atoms with Crippen LogP contribution in [-0.4, -0.2) is 22.2 Å². The van der Waals surface area contributed by atoms with Crippen molar-refractivity contribution in [2.24, 2.45) is 11.8 Å². The smallest absolute Gasteiger partial charge is 0.220 e. The third-order valence-corrected chi connectivity index (χ3v) is 4.76. The standard InChI is InChI=1S/C13H21NO2/c1-2-11(15)14-12-4-9-3-10(5-12)7-13(16,6-9)8-12/h9-10,16H,2-8H2,1H3,(H,14,15). The third kappa shape index (κ3) is 1.56. The van der Waals surface area contributed by atoms with Gasteiger partial charge in [-0.2, -0.15) is 0 Å².